The zero-order valence-corrected chi connectivity index (χ0v) is 17.2. The number of thiazole rings is 1. The molecule has 0 saturated heterocycles. The van der Waals surface area contributed by atoms with E-state index in [0.717, 1.165) is 28.2 Å². The zero-order chi connectivity index (χ0) is 20.1. The fourth-order valence-corrected chi connectivity index (χ4v) is 3.82. The monoisotopic (exact) mass is 413 g/mol. The van der Waals surface area contributed by atoms with Gasteiger partial charge in [0.15, 0.2) is 0 Å². The molecule has 0 aliphatic heterocycles. The average molecular weight is 414 g/mol. The summed E-state index contributed by atoms with van der Waals surface area (Å²) in [7, 11) is 0. The van der Waals surface area contributed by atoms with Crippen molar-refractivity contribution in [2.75, 3.05) is 11.9 Å². The Kier molecular flexibility index (Phi) is 6.44. The van der Waals surface area contributed by atoms with E-state index in [1.54, 1.807) is 19.1 Å². The number of nitrogens with one attached hydrogen (secondary N) is 2. The second-order valence-electron chi connectivity index (χ2n) is 6.18. The summed E-state index contributed by atoms with van der Waals surface area (Å²) in [6, 6.07) is 14.9. The molecular formula is C21H20ClN3O2S. The molecule has 0 bridgehead atoms. The molecule has 2 N–H and O–H groups in total. The van der Waals surface area contributed by atoms with E-state index >= 15 is 0 Å². The molecule has 0 aliphatic rings. The molecule has 0 fully saturated rings. The third-order valence-electron chi connectivity index (χ3n) is 4.18. The maximum atomic E-state index is 12.5. The average Bonchev–Trinajstić information content (AvgIpc) is 3.09. The third kappa shape index (κ3) is 4.77. The fourth-order valence-electron chi connectivity index (χ4n) is 2.71. The number of para-hydroxylation sites is 1. The van der Waals surface area contributed by atoms with E-state index < -0.39 is 0 Å². The van der Waals surface area contributed by atoms with Crippen LogP contribution in [-0.2, 0) is 11.2 Å². The highest BCUT2D eigenvalue weighted by atomic mass is 35.5. The lowest BCUT2D eigenvalue weighted by atomic mass is 10.1. The number of benzene rings is 2. The summed E-state index contributed by atoms with van der Waals surface area (Å²) in [6.07, 6.45) is 0.816. The minimum Gasteiger partial charge on any atom is -0.342 e. The van der Waals surface area contributed by atoms with Gasteiger partial charge in [0, 0.05) is 16.3 Å². The van der Waals surface area contributed by atoms with Crippen molar-refractivity contribution >= 4 is 40.4 Å². The fraction of sp³-hybridized carbons (Fsp3) is 0.190. The Morgan fingerprint density at radius 2 is 1.82 bits per heavy atom. The number of halogens is 1. The van der Waals surface area contributed by atoms with Gasteiger partial charge in [-0.3, -0.25) is 9.59 Å². The molecular weight excluding hydrogens is 394 g/mol. The summed E-state index contributed by atoms with van der Waals surface area (Å²) in [5, 5.41) is 6.89. The Balaban J connectivity index is 1.63. The summed E-state index contributed by atoms with van der Waals surface area (Å²) in [6.45, 7) is 3.70. The third-order valence-corrected chi connectivity index (χ3v) is 5.63. The van der Waals surface area contributed by atoms with Crippen LogP contribution in [0.3, 0.4) is 0 Å². The van der Waals surface area contributed by atoms with E-state index in [0.29, 0.717) is 15.6 Å². The van der Waals surface area contributed by atoms with Gasteiger partial charge in [0.25, 0.3) is 5.91 Å². The van der Waals surface area contributed by atoms with Crippen LogP contribution in [0, 0.1) is 6.92 Å². The number of rotatable bonds is 6. The number of aromatic nitrogens is 1. The van der Waals surface area contributed by atoms with Gasteiger partial charge in [0.2, 0.25) is 5.91 Å². The normalized spacial score (nSPS) is 10.5. The lowest BCUT2D eigenvalue weighted by molar-refractivity contribution is -0.115. The summed E-state index contributed by atoms with van der Waals surface area (Å²) in [4.78, 5) is 29.7. The lowest BCUT2D eigenvalue weighted by Crippen LogP contribution is -2.33. The number of nitrogens with zero attached hydrogens (tertiary/aromatic N) is 1. The first-order valence-electron chi connectivity index (χ1n) is 8.87. The van der Waals surface area contributed by atoms with Crippen LogP contribution >= 0.6 is 22.9 Å². The highest BCUT2D eigenvalue weighted by Gasteiger charge is 2.17. The molecule has 1 aromatic heterocycles. The number of carbonyl (C=O) groups excluding carboxylic acids is 2. The predicted molar refractivity (Wildman–Crippen MR) is 114 cm³/mol. The van der Waals surface area contributed by atoms with E-state index in [-0.39, 0.29) is 18.4 Å². The van der Waals surface area contributed by atoms with Crippen LogP contribution < -0.4 is 10.6 Å². The van der Waals surface area contributed by atoms with Gasteiger partial charge in [-0.25, -0.2) is 4.98 Å². The standard InChI is InChI=1S/C21H20ClN3O2S/c1-3-14-6-4-5-7-17(14)25-18(26)12-23-20(27)19-13(2)24-21(28-19)15-8-10-16(22)11-9-15/h4-11H,3,12H2,1-2H3,(H,23,27)(H,25,26). The molecule has 0 unspecified atom stereocenters. The van der Waals surface area contributed by atoms with Crippen LogP contribution in [0.15, 0.2) is 48.5 Å². The van der Waals surface area contributed by atoms with Gasteiger partial charge < -0.3 is 10.6 Å². The second-order valence-corrected chi connectivity index (χ2v) is 7.62. The highest BCUT2D eigenvalue weighted by molar-refractivity contribution is 7.17. The van der Waals surface area contributed by atoms with Crippen molar-refractivity contribution in [1.29, 1.82) is 0 Å². The Bertz CT molecular complexity index is 999. The zero-order valence-electron chi connectivity index (χ0n) is 15.6. The quantitative estimate of drug-likeness (QED) is 0.615. The van der Waals surface area contributed by atoms with E-state index in [1.165, 1.54) is 11.3 Å². The van der Waals surface area contributed by atoms with Gasteiger partial charge in [0.1, 0.15) is 9.88 Å². The molecule has 28 heavy (non-hydrogen) atoms. The number of hydrogen-bond acceptors (Lipinski definition) is 4. The van der Waals surface area contributed by atoms with Crippen molar-refractivity contribution in [3.05, 3.63) is 69.7 Å². The maximum Gasteiger partial charge on any atom is 0.263 e. The predicted octanol–water partition coefficient (Wildman–Crippen LogP) is 4.70. The number of carbonyl (C=O) groups is 2. The molecule has 3 rings (SSSR count). The molecule has 0 saturated carbocycles. The van der Waals surface area contributed by atoms with Crippen LogP contribution in [0.1, 0.15) is 27.9 Å². The van der Waals surface area contributed by atoms with Gasteiger partial charge in [-0.2, -0.15) is 0 Å². The Morgan fingerprint density at radius 1 is 1.11 bits per heavy atom. The van der Waals surface area contributed by atoms with Gasteiger partial charge in [-0.15, -0.1) is 11.3 Å². The maximum absolute atomic E-state index is 12.5. The SMILES string of the molecule is CCc1ccccc1NC(=O)CNC(=O)c1sc(-c2ccc(Cl)cc2)nc1C. The van der Waals surface area contributed by atoms with Crippen LogP contribution in [0.2, 0.25) is 5.02 Å². The first kappa shape index (κ1) is 20.0. The number of anilines is 1. The van der Waals surface area contributed by atoms with E-state index in [1.807, 2.05) is 43.3 Å². The van der Waals surface area contributed by atoms with Gasteiger partial charge in [-0.05, 0) is 37.1 Å². The minimum atomic E-state index is -0.311. The van der Waals surface area contributed by atoms with Crippen molar-refractivity contribution in [3.63, 3.8) is 0 Å². The largest absolute Gasteiger partial charge is 0.342 e. The first-order valence-corrected chi connectivity index (χ1v) is 10.1. The topological polar surface area (TPSA) is 71.1 Å². The second kappa shape index (κ2) is 8.99. The molecule has 0 aliphatic carbocycles. The highest BCUT2D eigenvalue weighted by Crippen LogP contribution is 2.28. The molecule has 1 heterocycles. The summed E-state index contributed by atoms with van der Waals surface area (Å²) >= 11 is 7.21. The molecule has 5 nitrogen and oxygen atoms in total. The van der Waals surface area contributed by atoms with Gasteiger partial charge >= 0.3 is 0 Å². The van der Waals surface area contributed by atoms with E-state index in [9.17, 15) is 9.59 Å². The summed E-state index contributed by atoms with van der Waals surface area (Å²) in [5.41, 5.74) is 3.34. The summed E-state index contributed by atoms with van der Waals surface area (Å²) in [5.74, 6) is -0.580. The number of hydrogen-bond donors (Lipinski definition) is 2. The molecule has 0 radical (unpaired) electrons. The van der Waals surface area contributed by atoms with Crippen molar-refractivity contribution in [1.82, 2.24) is 10.3 Å². The van der Waals surface area contributed by atoms with Gasteiger partial charge in [0.05, 0.1) is 12.2 Å². The van der Waals surface area contributed by atoms with Crippen molar-refractivity contribution in [2.45, 2.75) is 20.3 Å². The van der Waals surface area contributed by atoms with Crippen molar-refractivity contribution in [2.24, 2.45) is 0 Å². The summed E-state index contributed by atoms with van der Waals surface area (Å²) < 4.78 is 0. The molecule has 7 heteroatoms. The number of aryl methyl sites for hydroxylation is 2. The molecule has 0 spiro atoms. The van der Waals surface area contributed by atoms with Gasteiger partial charge in [-0.1, -0.05) is 48.9 Å². The Morgan fingerprint density at radius 3 is 2.54 bits per heavy atom. The Hall–Kier alpha value is -2.70. The van der Waals surface area contributed by atoms with Crippen molar-refractivity contribution in [3.8, 4) is 10.6 Å². The smallest absolute Gasteiger partial charge is 0.263 e. The molecule has 3 aromatic rings. The van der Waals surface area contributed by atoms with E-state index in [4.69, 9.17) is 11.6 Å². The van der Waals surface area contributed by atoms with Crippen LogP contribution in [0.4, 0.5) is 5.69 Å². The number of amides is 2. The molecule has 0 atom stereocenters. The van der Waals surface area contributed by atoms with E-state index in [2.05, 4.69) is 15.6 Å². The Labute approximate surface area is 172 Å². The first-order chi connectivity index (χ1) is 13.5. The van der Waals surface area contributed by atoms with Crippen molar-refractivity contribution < 1.29 is 9.59 Å². The lowest BCUT2D eigenvalue weighted by Gasteiger charge is -2.10. The van der Waals surface area contributed by atoms with Crippen LogP contribution in [-0.4, -0.2) is 23.3 Å². The molecule has 144 valence electrons. The van der Waals surface area contributed by atoms with Crippen LogP contribution in [0.25, 0.3) is 10.6 Å². The molecule has 2 aromatic carbocycles. The minimum absolute atomic E-state index is 0.107. The molecule has 2 amide bonds. The van der Waals surface area contributed by atoms with Crippen LogP contribution in [0.5, 0.6) is 0 Å².